The molecule has 5 nitrogen and oxygen atoms in total. The van der Waals surface area contributed by atoms with E-state index in [1.54, 1.807) is 25.1 Å². The molecule has 0 unspecified atom stereocenters. The van der Waals surface area contributed by atoms with Crippen LogP contribution in [-0.4, -0.2) is 31.1 Å². The fourth-order valence-corrected chi connectivity index (χ4v) is 2.67. The van der Waals surface area contributed by atoms with Gasteiger partial charge in [-0.15, -0.1) is 0 Å². The molecule has 0 radical (unpaired) electrons. The Morgan fingerprint density at radius 3 is 2.48 bits per heavy atom. The molecule has 0 saturated heterocycles. The summed E-state index contributed by atoms with van der Waals surface area (Å²) in [6, 6.07) is 12.6. The zero-order valence-electron chi connectivity index (χ0n) is 15.4. The highest BCUT2D eigenvalue weighted by atomic mass is 16.5. The number of Topliss-reactive ketones (excluding diaryl/α,β-unsaturated/α-hetero) is 1. The zero-order chi connectivity index (χ0) is 19.2. The number of carbonyl (C=O) groups excluding carboxylic acids is 2. The Hall–Kier alpha value is -3.08. The van der Waals surface area contributed by atoms with E-state index < -0.39 is 12.1 Å². The number of aryl methyl sites for hydroxylation is 1. The van der Waals surface area contributed by atoms with Gasteiger partial charge in [-0.2, -0.15) is 0 Å². The highest BCUT2D eigenvalue weighted by Crippen LogP contribution is 2.30. The van der Waals surface area contributed by atoms with Crippen molar-refractivity contribution in [3.63, 3.8) is 0 Å². The summed E-state index contributed by atoms with van der Waals surface area (Å²) >= 11 is 0. The molecule has 27 heavy (non-hydrogen) atoms. The van der Waals surface area contributed by atoms with E-state index in [2.05, 4.69) is 0 Å². The van der Waals surface area contributed by atoms with Crippen molar-refractivity contribution in [2.45, 2.75) is 26.4 Å². The first kappa shape index (κ1) is 18.7. The van der Waals surface area contributed by atoms with Crippen LogP contribution in [0.3, 0.4) is 0 Å². The molecule has 0 saturated carbocycles. The van der Waals surface area contributed by atoms with Crippen LogP contribution >= 0.6 is 0 Å². The maximum Gasteiger partial charge on any atom is 0.331 e. The van der Waals surface area contributed by atoms with E-state index in [1.807, 2.05) is 37.3 Å². The van der Waals surface area contributed by atoms with E-state index >= 15 is 0 Å². The third-order valence-electron chi connectivity index (χ3n) is 4.18. The molecule has 5 heteroatoms. The van der Waals surface area contributed by atoms with Crippen LogP contribution < -0.4 is 9.47 Å². The molecule has 3 rings (SSSR count). The summed E-state index contributed by atoms with van der Waals surface area (Å²) in [6.45, 7) is 4.74. The van der Waals surface area contributed by atoms with Gasteiger partial charge in [0.05, 0.1) is 13.2 Å². The van der Waals surface area contributed by atoms with Gasteiger partial charge in [0.25, 0.3) is 0 Å². The predicted octanol–water partition coefficient (Wildman–Crippen LogP) is 3.98. The largest absolute Gasteiger partial charge is 0.490 e. The molecular formula is C22H22O5. The first-order valence-electron chi connectivity index (χ1n) is 8.92. The Labute approximate surface area is 158 Å². The molecule has 0 aliphatic carbocycles. The van der Waals surface area contributed by atoms with Crippen molar-refractivity contribution in [2.75, 3.05) is 13.2 Å². The second-order valence-corrected chi connectivity index (χ2v) is 6.40. The molecule has 0 spiro atoms. The summed E-state index contributed by atoms with van der Waals surface area (Å²) < 4.78 is 16.4. The van der Waals surface area contributed by atoms with Gasteiger partial charge in [0.2, 0.25) is 5.78 Å². The lowest BCUT2D eigenvalue weighted by Gasteiger charge is -2.11. The normalized spacial score (nSPS) is 14.4. The first-order valence-corrected chi connectivity index (χ1v) is 8.92. The van der Waals surface area contributed by atoms with Crippen molar-refractivity contribution < 1.29 is 23.8 Å². The van der Waals surface area contributed by atoms with Gasteiger partial charge in [-0.3, -0.25) is 4.79 Å². The van der Waals surface area contributed by atoms with Crippen molar-refractivity contribution in [3.05, 3.63) is 65.2 Å². The van der Waals surface area contributed by atoms with Gasteiger partial charge in [-0.05, 0) is 37.6 Å². The smallest absolute Gasteiger partial charge is 0.331 e. The van der Waals surface area contributed by atoms with Gasteiger partial charge in [-0.25, -0.2) is 4.79 Å². The molecule has 0 amide bonds. The monoisotopic (exact) mass is 366 g/mol. The summed E-state index contributed by atoms with van der Waals surface area (Å²) in [6.07, 6.45) is 2.91. The van der Waals surface area contributed by atoms with Gasteiger partial charge in [0, 0.05) is 18.1 Å². The van der Waals surface area contributed by atoms with Crippen molar-refractivity contribution in [1.29, 1.82) is 0 Å². The number of hydrogen-bond acceptors (Lipinski definition) is 5. The molecule has 2 aromatic rings. The van der Waals surface area contributed by atoms with Gasteiger partial charge in [0.15, 0.2) is 17.6 Å². The molecule has 1 aliphatic heterocycles. The van der Waals surface area contributed by atoms with Gasteiger partial charge < -0.3 is 14.2 Å². The second-order valence-electron chi connectivity index (χ2n) is 6.40. The van der Waals surface area contributed by atoms with E-state index in [0.717, 1.165) is 17.5 Å². The average molecular weight is 366 g/mol. The standard InChI is InChI=1S/C22H22O5/c1-15-4-8-18(9-5-15)22(24)16(2)27-21(23)11-7-17-6-10-19-20(14-17)26-13-3-12-25-19/h4-11,14,16H,3,12-13H2,1-2H3/b11-7+/t16-/m0/s1. The number of hydrogen-bond donors (Lipinski definition) is 0. The van der Waals surface area contributed by atoms with E-state index in [-0.39, 0.29) is 5.78 Å². The van der Waals surface area contributed by atoms with Crippen LogP contribution in [0.5, 0.6) is 11.5 Å². The average Bonchev–Trinajstić information content (AvgIpc) is 2.91. The molecule has 0 N–H and O–H groups in total. The maximum atomic E-state index is 12.3. The molecule has 1 atom stereocenters. The Balaban J connectivity index is 1.60. The summed E-state index contributed by atoms with van der Waals surface area (Å²) in [7, 11) is 0. The number of esters is 1. The minimum Gasteiger partial charge on any atom is -0.490 e. The molecule has 2 aromatic carbocycles. The number of benzene rings is 2. The SMILES string of the molecule is Cc1ccc(C(=O)[C@H](C)OC(=O)/C=C/c2ccc3c(c2)OCCCO3)cc1. The summed E-state index contributed by atoms with van der Waals surface area (Å²) in [5.41, 5.74) is 2.37. The summed E-state index contributed by atoms with van der Waals surface area (Å²) in [5, 5.41) is 0. The van der Waals surface area contributed by atoms with Crippen LogP contribution in [0.2, 0.25) is 0 Å². The molecule has 0 aromatic heterocycles. The Morgan fingerprint density at radius 1 is 1.04 bits per heavy atom. The lowest BCUT2D eigenvalue weighted by Crippen LogP contribution is -2.23. The summed E-state index contributed by atoms with van der Waals surface area (Å²) in [4.78, 5) is 24.4. The number of carbonyl (C=O) groups is 2. The molecule has 1 heterocycles. The first-order chi connectivity index (χ1) is 13.0. The maximum absolute atomic E-state index is 12.3. The van der Waals surface area contributed by atoms with Gasteiger partial charge >= 0.3 is 5.97 Å². The lowest BCUT2D eigenvalue weighted by atomic mass is 10.1. The van der Waals surface area contributed by atoms with Crippen LogP contribution in [0, 0.1) is 6.92 Å². The topological polar surface area (TPSA) is 61.8 Å². The number of fused-ring (bicyclic) bond motifs is 1. The van der Waals surface area contributed by atoms with Crippen molar-refractivity contribution in [3.8, 4) is 11.5 Å². The summed E-state index contributed by atoms with van der Waals surface area (Å²) in [5.74, 6) is 0.554. The second kappa shape index (κ2) is 8.54. The highest BCUT2D eigenvalue weighted by Gasteiger charge is 2.18. The zero-order valence-corrected chi connectivity index (χ0v) is 15.4. The number of ketones is 1. The van der Waals surface area contributed by atoms with Crippen LogP contribution in [0.1, 0.15) is 34.8 Å². The van der Waals surface area contributed by atoms with E-state index in [9.17, 15) is 9.59 Å². The van der Waals surface area contributed by atoms with Crippen LogP contribution in [-0.2, 0) is 9.53 Å². The van der Waals surface area contributed by atoms with Crippen molar-refractivity contribution in [1.82, 2.24) is 0 Å². The highest BCUT2D eigenvalue weighted by molar-refractivity contribution is 6.01. The molecule has 140 valence electrons. The third kappa shape index (κ3) is 4.97. The Bertz CT molecular complexity index is 852. The number of rotatable bonds is 5. The third-order valence-corrected chi connectivity index (χ3v) is 4.18. The Kier molecular flexibility index (Phi) is 5.91. The van der Waals surface area contributed by atoms with E-state index in [4.69, 9.17) is 14.2 Å². The van der Waals surface area contributed by atoms with E-state index in [1.165, 1.54) is 6.08 Å². The minimum atomic E-state index is -0.853. The molecular weight excluding hydrogens is 344 g/mol. The quantitative estimate of drug-likeness (QED) is 0.455. The fraction of sp³-hybridized carbons (Fsp3) is 0.273. The van der Waals surface area contributed by atoms with E-state index in [0.29, 0.717) is 30.3 Å². The van der Waals surface area contributed by atoms with Crippen LogP contribution in [0.25, 0.3) is 6.08 Å². The lowest BCUT2D eigenvalue weighted by molar-refractivity contribution is -0.140. The van der Waals surface area contributed by atoms with Crippen LogP contribution in [0.15, 0.2) is 48.5 Å². The number of ether oxygens (including phenoxy) is 3. The molecule has 0 fully saturated rings. The van der Waals surface area contributed by atoms with Crippen LogP contribution in [0.4, 0.5) is 0 Å². The van der Waals surface area contributed by atoms with Gasteiger partial charge in [-0.1, -0.05) is 35.9 Å². The minimum absolute atomic E-state index is 0.229. The van der Waals surface area contributed by atoms with Crippen molar-refractivity contribution >= 4 is 17.8 Å². The molecule has 0 bridgehead atoms. The van der Waals surface area contributed by atoms with Crippen molar-refractivity contribution in [2.24, 2.45) is 0 Å². The predicted molar refractivity (Wildman–Crippen MR) is 102 cm³/mol. The fourth-order valence-electron chi connectivity index (χ4n) is 2.67. The van der Waals surface area contributed by atoms with Gasteiger partial charge in [0.1, 0.15) is 0 Å². The Morgan fingerprint density at radius 2 is 1.74 bits per heavy atom. The molecule has 1 aliphatic rings.